The molecule has 0 N–H and O–H groups in total. The Labute approximate surface area is 253 Å². The van der Waals surface area contributed by atoms with Crippen molar-refractivity contribution >= 4 is 17.3 Å². The lowest BCUT2D eigenvalue weighted by Crippen LogP contribution is -2.09. The lowest BCUT2D eigenvalue weighted by Gasteiger charge is -2.09. The molecule has 0 bridgehead atoms. The second-order valence-electron chi connectivity index (χ2n) is 11.3. The Balaban J connectivity index is 1.27. The van der Waals surface area contributed by atoms with Gasteiger partial charge in [-0.25, -0.2) is 4.79 Å². The molecule has 0 saturated heterocycles. The van der Waals surface area contributed by atoms with Gasteiger partial charge < -0.3 is 9.47 Å². The van der Waals surface area contributed by atoms with Crippen LogP contribution in [-0.2, 0) is 0 Å². The molecule has 5 nitrogen and oxygen atoms in total. The lowest BCUT2D eigenvalue weighted by molar-refractivity contribution is 0.0733. The van der Waals surface area contributed by atoms with Crippen LogP contribution in [0.5, 0.6) is 11.5 Å². The zero-order valence-corrected chi connectivity index (χ0v) is 26.1. The monoisotopic (exact) mass is 570 g/mol. The number of esters is 1. The molecule has 42 heavy (non-hydrogen) atoms. The van der Waals surface area contributed by atoms with E-state index in [2.05, 4.69) is 17.2 Å². The van der Waals surface area contributed by atoms with Gasteiger partial charge in [-0.1, -0.05) is 108 Å². The summed E-state index contributed by atoms with van der Waals surface area (Å²) in [5, 5.41) is 8.57. The topological polar surface area (TPSA) is 60.2 Å². The quantitative estimate of drug-likeness (QED) is 0.0587. The molecule has 0 amide bonds. The van der Waals surface area contributed by atoms with Crippen molar-refractivity contribution in [3.63, 3.8) is 0 Å². The first kappa shape index (κ1) is 33.0. The van der Waals surface area contributed by atoms with Gasteiger partial charge in [0, 0.05) is 0 Å². The number of benzene rings is 3. The second-order valence-corrected chi connectivity index (χ2v) is 11.3. The van der Waals surface area contributed by atoms with Crippen LogP contribution in [0, 0.1) is 13.8 Å². The van der Waals surface area contributed by atoms with Gasteiger partial charge in [0.2, 0.25) is 0 Å². The highest BCUT2D eigenvalue weighted by Gasteiger charge is 2.11. The highest BCUT2D eigenvalue weighted by Crippen LogP contribution is 2.26. The van der Waals surface area contributed by atoms with E-state index in [0.717, 1.165) is 23.4 Å². The van der Waals surface area contributed by atoms with Crippen LogP contribution in [0.1, 0.15) is 118 Å². The van der Waals surface area contributed by atoms with E-state index in [4.69, 9.17) is 9.47 Å². The summed E-state index contributed by atoms with van der Waals surface area (Å²) in [6, 6.07) is 20.4. The minimum absolute atomic E-state index is 0.398. The van der Waals surface area contributed by atoms with Crippen LogP contribution < -0.4 is 9.47 Å². The summed E-state index contributed by atoms with van der Waals surface area (Å²) in [5.74, 6) is 0.888. The molecule has 0 atom stereocenters. The maximum atomic E-state index is 12.7. The standard InChI is InChI=1S/C37H50N2O3/c1-4-5-6-7-8-9-10-11-12-13-14-15-16-17-28-41-35-25-20-32(21-26-35)37(40)42-36-27-24-34(29-31(36)3)39-38-33-22-18-30(2)19-23-33/h18-27,29H,4-17,28H2,1-3H3. The Morgan fingerprint density at radius 2 is 1.14 bits per heavy atom. The van der Waals surface area contributed by atoms with Crippen molar-refractivity contribution < 1.29 is 14.3 Å². The van der Waals surface area contributed by atoms with Gasteiger partial charge in [0.05, 0.1) is 23.5 Å². The van der Waals surface area contributed by atoms with E-state index in [1.54, 1.807) is 24.3 Å². The molecule has 0 heterocycles. The molecular formula is C37H50N2O3. The molecule has 0 spiro atoms. The Morgan fingerprint density at radius 3 is 1.71 bits per heavy atom. The highest BCUT2D eigenvalue weighted by atomic mass is 16.5. The van der Waals surface area contributed by atoms with E-state index < -0.39 is 5.97 Å². The summed E-state index contributed by atoms with van der Waals surface area (Å²) in [6.45, 7) is 6.91. The van der Waals surface area contributed by atoms with E-state index in [0.29, 0.717) is 23.6 Å². The fourth-order valence-electron chi connectivity index (χ4n) is 4.87. The summed E-state index contributed by atoms with van der Waals surface area (Å²) in [7, 11) is 0. The smallest absolute Gasteiger partial charge is 0.343 e. The van der Waals surface area contributed by atoms with Gasteiger partial charge in [0.15, 0.2) is 0 Å². The van der Waals surface area contributed by atoms with Gasteiger partial charge in [-0.2, -0.15) is 10.2 Å². The zero-order valence-electron chi connectivity index (χ0n) is 26.1. The van der Waals surface area contributed by atoms with Crippen LogP contribution in [0.2, 0.25) is 0 Å². The van der Waals surface area contributed by atoms with Gasteiger partial charge in [-0.3, -0.25) is 0 Å². The van der Waals surface area contributed by atoms with Crippen molar-refractivity contribution in [2.45, 2.75) is 111 Å². The third kappa shape index (κ3) is 13.0. The van der Waals surface area contributed by atoms with Crippen molar-refractivity contribution in [1.82, 2.24) is 0 Å². The zero-order chi connectivity index (χ0) is 29.8. The van der Waals surface area contributed by atoms with E-state index in [1.165, 1.54) is 89.0 Å². The van der Waals surface area contributed by atoms with Gasteiger partial charge in [0.25, 0.3) is 0 Å². The van der Waals surface area contributed by atoms with Crippen LogP contribution in [-0.4, -0.2) is 12.6 Å². The summed E-state index contributed by atoms with van der Waals surface area (Å²) < 4.78 is 11.5. The fourth-order valence-corrected chi connectivity index (χ4v) is 4.87. The SMILES string of the molecule is CCCCCCCCCCCCCCCCOc1ccc(C(=O)Oc2ccc(N=Nc3ccc(C)cc3)cc2C)cc1. The predicted molar refractivity (Wildman–Crippen MR) is 174 cm³/mol. The molecule has 0 aromatic heterocycles. The number of carbonyl (C=O) groups is 1. The maximum Gasteiger partial charge on any atom is 0.343 e. The molecule has 226 valence electrons. The van der Waals surface area contributed by atoms with Crippen LogP contribution >= 0.6 is 0 Å². The summed E-state index contributed by atoms with van der Waals surface area (Å²) in [5.41, 5.74) is 3.98. The number of nitrogens with zero attached hydrogens (tertiary/aromatic N) is 2. The normalized spacial score (nSPS) is 11.2. The van der Waals surface area contributed by atoms with Gasteiger partial charge in [0.1, 0.15) is 11.5 Å². The van der Waals surface area contributed by atoms with Crippen LogP contribution in [0.3, 0.4) is 0 Å². The molecular weight excluding hydrogens is 520 g/mol. The van der Waals surface area contributed by atoms with Crippen molar-refractivity contribution in [1.29, 1.82) is 0 Å². The number of ether oxygens (including phenoxy) is 2. The summed E-state index contributed by atoms with van der Waals surface area (Å²) in [6.07, 6.45) is 18.8. The average Bonchev–Trinajstić information content (AvgIpc) is 3.00. The molecule has 3 aromatic rings. The van der Waals surface area contributed by atoms with Crippen LogP contribution in [0.25, 0.3) is 0 Å². The number of carbonyl (C=O) groups excluding carboxylic acids is 1. The Hall–Kier alpha value is -3.47. The largest absolute Gasteiger partial charge is 0.494 e. The number of rotatable bonds is 20. The number of unbranched alkanes of at least 4 members (excludes halogenated alkanes) is 13. The molecule has 0 radical (unpaired) electrons. The number of aryl methyl sites for hydroxylation is 2. The lowest BCUT2D eigenvalue weighted by atomic mass is 10.0. The van der Waals surface area contributed by atoms with Crippen molar-refractivity contribution in [2.24, 2.45) is 10.2 Å². The third-order valence-electron chi connectivity index (χ3n) is 7.53. The first-order chi connectivity index (χ1) is 20.5. The van der Waals surface area contributed by atoms with Crippen molar-refractivity contribution in [3.05, 3.63) is 83.4 Å². The van der Waals surface area contributed by atoms with Crippen LogP contribution in [0.15, 0.2) is 77.0 Å². The second kappa shape index (κ2) is 19.6. The van der Waals surface area contributed by atoms with Crippen molar-refractivity contribution in [2.75, 3.05) is 6.61 Å². The minimum atomic E-state index is -0.398. The Kier molecular flexibility index (Phi) is 15.4. The average molecular weight is 571 g/mol. The van der Waals surface area contributed by atoms with E-state index in [9.17, 15) is 4.79 Å². The third-order valence-corrected chi connectivity index (χ3v) is 7.53. The van der Waals surface area contributed by atoms with Gasteiger partial charge in [-0.15, -0.1) is 0 Å². The molecule has 3 rings (SSSR count). The molecule has 0 aliphatic heterocycles. The van der Waals surface area contributed by atoms with Gasteiger partial charge in [-0.05, 0) is 80.4 Å². The molecule has 0 saturated carbocycles. The van der Waals surface area contributed by atoms with Gasteiger partial charge >= 0.3 is 5.97 Å². The molecule has 5 heteroatoms. The molecule has 3 aromatic carbocycles. The molecule has 0 fully saturated rings. The Bertz CT molecular complexity index is 1200. The first-order valence-corrected chi connectivity index (χ1v) is 16.1. The first-order valence-electron chi connectivity index (χ1n) is 16.1. The summed E-state index contributed by atoms with van der Waals surface area (Å²) in [4.78, 5) is 12.7. The molecule has 0 unspecified atom stereocenters. The van der Waals surface area contributed by atoms with E-state index >= 15 is 0 Å². The van der Waals surface area contributed by atoms with Crippen LogP contribution in [0.4, 0.5) is 11.4 Å². The fraction of sp³-hybridized carbons (Fsp3) is 0.486. The van der Waals surface area contributed by atoms with Crippen molar-refractivity contribution in [3.8, 4) is 11.5 Å². The number of hydrogen-bond donors (Lipinski definition) is 0. The Morgan fingerprint density at radius 1 is 0.619 bits per heavy atom. The minimum Gasteiger partial charge on any atom is -0.494 e. The number of azo groups is 1. The predicted octanol–water partition coefficient (Wildman–Crippen LogP) is 11.8. The van der Waals surface area contributed by atoms with E-state index in [-0.39, 0.29) is 0 Å². The maximum absolute atomic E-state index is 12.7. The summed E-state index contributed by atoms with van der Waals surface area (Å²) >= 11 is 0. The van der Waals surface area contributed by atoms with E-state index in [1.807, 2.05) is 56.3 Å². The molecule has 0 aliphatic rings. The molecule has 0 aliphatic carbocycles. The number of hydrogen-bond acceptors (Lipinski definition) is 5. The highest BCUT2D eigenvalue weighted by molar-refractivity contribution is 5.91.